The van der Waals surface area contributed by atoms with E-state index in [2.05, 4.69) is 22.6 Å². The lowest BCUT2D eigenvalue weighted by Gasteiger charge is -2.63. The van der Waals surface area contributed by atoms with E-state index in [0.29, 0.717) is 25.7 Å². The number of carbonyl (C=O) groups is 3. The zero-order chi connectivity index (χ0) is 19.4. The Morgan fingerprint density at radius 3 is 1.65 bits per heavy atom. The van der Waals surface area contributed by atoms with Crippen LogP contribution in [0.1, 0.15) is 72.6 Å². The highest BCUT2D eigenvalue weighted by atomic mass is 127. The van der Waals surface area contributed by atoms with Gasteiger partial charge in [-0.15, -0.1) is 0 Å². The number of hydrogen-bond acceptors (Lipinski definition) is 6. The third-order valence-electron chi connectivity index (χ3n) is 6.03. The highest BCUT2D eigenvalue weighted by Gasteiger charge is 2.68. The minimum Gasteiger partial charge on any atom is -0.459 e. The Labute approximate surface area is 167 Å². The average Bonchev–Trinajstić information content (AvgIpc) is 2.41. The lowest BCUT2D eigenvalue weighted by molar-refractivity contribution is -0.272. The van der Waals surface area contributed by atoms with Crippen molar-refractivity contribution in [2.45, 2.75) is 92.9 Å². The molecule has 0 saturated heterocycles. The maximum Gasteiger partial charge on any atom is 0.322 e. The van der Waals surface area contributed by atoms with Crippen molar-refractivity contribution in [3.05, 3.63) is 0 Å². The molecule has 4 rings (SSSR count). The van der Waals surface area contributed by atoms with Crippen LogP contribution in [0, 0.1) is 5.92 Å². The molecular weight excluding hydrogens is 451 g/mol. The molecule has 4 saturated carbocycles. The van der Waals surface area contributed by atoms with E-state index in [1.165, 1.54) is 13.8 Å². The minimum absolute atomic E-state index is 0.208. The second kappa shape index (κ2) is 6.34. The van der Waals surface area contributed by atoms with Gasteiger partial charge in [0.15, 0.2) is 0 Å². The Morgan fingerprint density at radius 1 is 0.923 bits per heavy atom. The third kappa shape index (κ3) is 3.60. The van der Waals surface area contributed by atoms with Gasteiger partial charge in [-0.25, -0.2) is 0 Å². The van der Waals surface area contributed by atoms with Crippen LogP contribution in [-0.2, 0) is 28.6 Å². The summed E-state index contributed by atoms with van der Waals surface area (Å²) in [5, 5.41) is 0. The molecule has 0 aromatic rings. The monoisotopic (exact) mass is 478 g/mol. The van der Waals surface area contributed by atoms with Crippen LogP contribution in [0.15, 0.2) is 0 Å². The van der Waals surface area contributed by atoms with E-state index in [9.17, 15) is 14.4 Å². The predicted octanol–water partition coefficient (Wildman–Crippen LogP) is 3.47. The molecule has 0 heterocycles. The summed E-state index contributed by atoms with van der Waals surface area (Å²) in [6, 6.07) is 0. The number of carbonyl (C=O) groups excluding carboxylic acids is 3. The average molecular weight is 478 g/mol. The van der Waals surface area contributed by atoms with Crippen LogP contribution in [0.4, 0.5) is 0 Å². The molecule has 0 amide bonds. The molecule has 3 unspecified atom stereocenters. The molecule has 4 aliphatic rings. The molecule has 0 aromatic heterocycles. The highest BCUT2D eigenvalue weighted by Crippen LogP contribution is 2.63. The van der Waals surface area contributed by atoms with E-state index in [4.69, 9.17) is 14.2 Å². The van der Waals surface area contributed by atoms with Crippen molar-refractivity contribution >= 4 is 40.5 Å². The Hall–Kier alpha value is -0.860. The first-order valence-corrected chi connectivity index (χ1v) is 10.3. The highest BCUT2D eigenvalue weighted by molar-refractivity contribution is 14.1. The molecule has 0 aliphatic heterocycles. The molecule has 7 heteroatoms. The van der Waals surface area contributed by atoms with Crippen molar-refractivity contribution in [2.24, 2.45) is 5.92 Å². The van der Waals surface area contributed by atoms with Gasteiger partial charge in [-0.05, 0) is 38.5 Å². The first-order valence-electron chi connectivity index (χ1n) is 9.24. The zero-order valence-corrected chi connectivity index (χ0v) is 18.0. The largest absolute Gasteiger partial charge is 0.459 e. The maximum absolute atomic E-state index is 12.8. The van der Waals surface area contributed by atoms with Crippen molar-refractivity contribution in [1.29, 1.82) is 0 Å². The van der Waals surface area contributed by atoms with E-state index in [-0.39, 0.29) is 23.8 Å². The molecule has 0 radical (unpaired) electrons. The standard InChI is InChI=1S/C19H27IO6/c1-5-16(4,20)15(23)26-19-8-14-6-17(10-19,24-12(2)21)9-18(7-14,11-19)25-13(3)22/h14H,5-11H2,1-4H3. The lowest BCUT2D eigenvalue weighted by Crippen LogP contribution is -2.69. The van der Waals surface area contributed by atoms with Crippen LogP contribution < -0.4 is 0 Å². The van der Waals surface area contributed by atoms with E-state index in [1.807, 2.05) is 13.8 Å². The molecule has 0 spiro atoms. The lowest BCUT2D eigenvalue weighted by atomic mass is 9.50. The first kappa shape index (κ1) is 19.9. The number of alkyl halides is 1. The Balaban J connectivity index is 1.94. The van der Waals surface area contributed by atoms with Crippen LogP contribution in [0.3, 0.4) is 0 Å². The van der Waals surface area contributed by atoms with E-state index in [1.54, 1.807) is 0 Å². The van der Waals surface area contributed by atoms with Crippen LogP contribution in [-0.4, -0.2) is 38.1 Å². The van der Waals surface area contributed by atoms with E-state index in [0.717, 1.165) is 19.3 Å². The Kier molecular flexibility index (Phi) is 4.85. The molecule has 0 aromatic carbocycles. The van der Waals surface area contributed by atoms with Crippen molar-refractivity contribution in [3.63, 3.8) is 0 Å². The number of esters is 3. The van der Waals surface area contributed by atoms with Crippen molar-refractivity contribution in [1.82, 2.24) is 0 Å². The molecule has 4 aliphatic carbocycles. The van der Waals surface area contributed by atoms with Crippen LogP contribution in [0.2, 0.25) is 0 Å². The van der Waals surface area contributed by atoms with Crippen LogP contribution >= 0.6 is 22.6 Å². The quantitative estimate of drug-likeness (QED) is 0.261. The first-order chi connectivity index (χ1) is 11.9. The normalized spacial score (nSPS) is 39.8. The third-order valence-corrected chi connectivity index (χ3v) is 7.24. The zero-order valence-electron chi connectivity index (χ0n) is 15.9. The second-order valence-corrected chi connectivity index (χ2v) is 11.1. The maximum atomic E-state index is 12.8. The van der Waals surface area contributed by atoms with Crippen molar-refractivity contribution in [3.8, 4) is 0 Å². The fraction of sp³-hybridized carbons (Fsp3) is 0.842. The number of hydrogen-bond donors (Lipinski definition) is 0. The van der Waals surface area contributed by atoms with Crippen LogP contribution in [0.25, 0.3) is 0 Å². The van der Waals surface area contributed by atoms with Crippen molar-refractivity contribution < 1.29 is 28.6 Å². The molecule has 146 valence electrons. The summed E-state index contributed by atoms with van der Waals surface area (Å²) in [7, 11) is 0. The summed E-state index contributed by atoms with van der Waals surface area (Å²) >= 11 is 2.13. The molecular formula is C19H27IO6. The molecule has 26 heavy (non-hydrogen) atoms. The molecule has 4 bridgehead atoms. The van der Waals surface area contributed by atoms with Gasteiger partial charge < -0.3 is 14.2 Å². The Bertz CT molecular complexity index is 610. The van der Waals surface area contributed by atoms with Gasteiger partial charge in [0.2, 0.25) is 0 Å². The van der Waals surface area contributed by atoms with Gasteiger partial charge in [-0.2, -0.15) is 0 Å². The fourth-order valence-electron chi connectivity index (χ4n) is 5.58. The SMILES string of the molecule is CCC(C)(I)C(=O)OC12CC3CC(OC(C)=O)(CC(OC(C)=O)(C3)C1)C2. The smallest absolute Gasteiger partial charge is 0.322 e. The minimum atomic E-state index is -0.733. The van der Waals surface area contributed by atoms with Gasteiger partial charge in [0.25, 0.3) is 0 Å². The van der Waals surface area contributed by atoms with Gasteiger partial charge >= 0.3 is 17.9 Å². The van der Waals surface area contributed by atoms with Gasteiger partial charge in [0.05, 0.1) is 0 Å². The predicted molar refractivity (Wildman–Crippen MR) is 102 cm³/mol. The molecule has 3 atom stereocenters. The summed E-state index contributed by atoms with van der Waals surface area (Å²) in [4.78, 5) is 36.3. The summed E-state index contributed by atoms with van der Waals surface area (Å²) < 4.78 is 17.0. The van der Waals surface area contributed by atoms with E-state index < -0.39 is 20.2 Å². The number of halogens is 1. The summed E-state index contributed by atoms with van der Waals surface area (Å²) in [5.74, 6) is -0.740. The Morgan fingerprint density at radius 2 is 1.31 bits per heavy atom. The summed E-state index contributed by atoms with van der Waals surface area (Å²) in [6.45, 7) is 6.61. The molecule has 6 nitrogen and oxygen atoms in total. The fourth-order valence-corrected chi connectivity index (χ4v) is 5.69. The number of rotatable bonds is 5. The topological polar surface area (TPSA) is 78.9 Å². The van der Waals surface area contributed by atoms with Gasteiger partial charge in [0, 0.05) is 33.1 Å². The number of ether oxygens (including phenoxy) is 3. The summed E-state index contributed by atoms with van der Waals surface area (Å²) in [6.07, 6.45) is 4.35. The molecule has 0 N–H and O–H groups in total. The van der Waals surface area contributed by atoms with Crippen molar-refractivity contribution in [2.75, 3.05) is 0 Å². The summed E-state index contributed by atoms with van der Waals surface area (Å²) in [5.41, 5.74) is -2.16. The molecule has 4 fully saturated rings. The van der Waals surface area contributed by atoms with Gasteiger partial charge in [0.1, 0.15) is 20.2 Å². The van der Waals surface area contributed by atoms with E-state index >= 15 is 0 Å². The van der Waals surface area contributed by atoms with Crippen LogP contribution in [0.5, 0.6) is 0 Å². The van der Waals surface area contributed by atoms with Gasteiger partial charge in [-0.3, -0.25) is 14.4 Å². The van der Waals surface area contributed by atoms with Gasteiger partial charge in [-0.1, -0.05) is 29.5 Å². The second-order valence-electron chi connectivity index (χ2n) is 8.69.